The van der Waals surface area contributed by atoms with Gasteiger partial charge < -0.3 is 11.1 Å². The van der Waals surface area contributed by atoms with Gasteiger partial charge in [0.1, 0.15) is 0 Å². The number of rotatable bonds is 4. The first kappa shape index (κ1) is 13.0. The number of aromatic nitrogens is 1. The van der Waals surface area contributed by atoms with Crippen molar-refractivity contribution in [2.45, 2.75) is 13.8 Å². The number of benzene rings is 1. The third kappa shape index (κ3) is 2.68. The van der Waals surface area contributed by atoms with Gasteiger partial charge in [-0.3, -0.25) is 4.79 Å². The van der Waals surface area contributed by atoms with Crippen LogP contribution < -0.4 is 11.1 Å². The highest BCUT2D eigenvalue weighted by atomic mass is 32.1. The van der Waals surface area contributed by atoms with E-state index < -0.39 is 0 Å². The molecular formula is C13H17N3OS. The summed E-state index contributed by atoms with van der Waals surface area (Å²) in [5, 5.41) is 3.49. The molecule has 0 radical (unpaired) electrons. The van der Waals surface area contributed by atoms with Crippen molar-refractivity contribution in [2.24, 2.45) is 17.6 Å². The van der Waals surface area contributed by atoms with Gasteiger partial charge in [0.05, 0.1) is 16.1 Å². The Balaban J connectivity index is 2.15. The van der Waals surface area contributed by atoms with Crippen LogP contribution in [0.3, 0.4) is 0 Å². The summed E-state index contributed by atoms with van der Waals surface area (Å²) in [4.78, 5) is 16.4. The molecule has 1 heterocycles. The van der Waals surface area contributed by atoms with Crippen LogP contribution >= 0.6 is 11.3 Å². The molecule has 0 saturated heterocycles. The quantitative estimate of drug-likeness (QED) is 0.890. The number of anilines is 1. The largest absolute Gasteiger partial charge is 0.330 e. The van der Waals surface area contributed by atoms with Gasteiger partial charge in [-0.1, -0.05) is 37.3 Å². The molecule has 0 spiro atoms. The lowest BCUT2D eigenvalue weighted by atomic mass is 9.95. The van der Waals surface area contributed by atoms with Crippen molar-refractivity contribution in [1.82, 2.24) is 4.98 Å². The summed E-state index contributed by atoms with van der Waals surface area (Å²) < 4.78 is 1.07. The summed E-state index contributed by atoms with van der Waals surface area (Å²) in [7, 11) is 0. The van der Waals surface area contributed by atoms with E-state index in [1.54, 1.807) is 0 Å². The van der Waals surface area contributed by atoms with Crippen molar-refractivity contribution in [1.29, 1.82) is 0 Å². The predicted molar refractivity (Wildman–Crippen MR) is 75.6 cm³/mol. The van der Waals surface area contributed by atoms with Crippen molar-refractivity contribution in [3.63, 3.8) is 0 Å². The normalized spacial score (nSPS) is 12.9. The summed E-state index contributed by atoms with van der Waals surface area (Å²) in [6.07, 6.45) is 0. The standard InChI is InChI=1S/C13H17N3OS/c1-8(2)9(7-14)12(17)16-13-15-10-5-3-4-6-11(10)18-13/h3-6,8-9H,7,14H2,1-2H3,(H,15,16,17). The third-order valence-corrected chi connectivity index (χ3v) is 3.87. The molecule has 1 amide bonds. The molecule has 1 atom stereocenters. The van der Waals surface area contributed by atoms with Gasteiger partial charge in [0.25, 0.3) is 0 Å². The predicted octanol–water partition coefficient (Wildman–Crippen LogP) is 2.47. The maximum atomic E-state index is 12.0. The summed E-state index contributed by atoms with van der Waals surface area (Å²) in [5.74, 6) is 0.00736. The van der Waals surface area contributed by atoms with Crippen LogP contribution in [0.2, 0.25) is 0 Å². The molecule has 5 heteroatoms. The van der Waals surface area contributed by atoms with Crippen LogP contribution in [0.1, 0.15) is 13.8 Å². The molecule has 2 rings (SSSR count). The molecule has 4 nitrogen and oxygen atoms in total. The fourth-order valence-corrected chi connectivity index (χ4v) is 2.67. The average Bonchev–Trinajstić information content (AvgIpc) is 2.71. The van der Waals surface area contributed by atoms with Gasteiger partial charge in [0.2, 0.25) is 5.91 Å². The van der Waals surface area contributed by atoms with E-state index in [4.69, 9.17) is 5.73 Å². The Labute approximate surface area is 110 Å². The van der Waals surface area contributed by atoms with E-state index in [9.17, 15) is 4.79 Å². The molecule has 0 fully saturated rings. The maximum absolute atomic E-state index is 12.0. The molecule has 1 aromatic heterocycles. The first-order valence-corrected chi connectivity index (χ1v) is 6.80. The summed E-state index contributed by atoms with van der Waals surface area (Å²) in [6.45, 7) is 4.35. The number of hydrogen-bond acceptors (Lipinski definition) is 4. The van der Waals surface area contributed by atoms with Crippen LogP contribution in [-0.4, -0.2) is 17.4 Å². The summed E-state index contributed by atoms with van der Waals surface area (Å²) >= 11 is 1.48. The van der Waals surface area contributed by atoms with E-state index in [2.05, 4.69) is 10.3 Å². The Morgan fingerprint density at radius 3 is 2.78 bits per heavy atom. The van der Waals surface area contributed by atoms with Crippen LogP contribution in [0.25, 0.3) is 10.2 Å². The number of amides is 1. The van der Waals surface area contributed by atoms with Gasteiger partial charge in [0, 0.05) is 6.54 Å². The van der Waals surface area contributed by atoms with E-state index in [-0.39, 0.29) is 17.7 Å². The number of nitrogens with zero attached hydrogens (tertiary/aromatic N) is 1. The van der Waals surface area contributed by atoms with E-state index in [0.29, 0.717) is 11.7 Å². The second kappa shape index (κ2) is 5.46. The molecule has 0 saturated carbocycles. The van der Waals surface area contributed by atoms with Crippen molar-refractivity contribution in [3.8, 4) is 0 Å². The molecule has 18 heavy (non-hydrogen) atoms. The highest BCUT2D eigenvalue weighted by molar-refractivity contribution is 7.22. The minimum Gasteiger partial charge on any atom is -0.330 e. The fraction of sp³-hybridized carbons (Fsp3) is 0.385. The van der Waals surface area contributed by atoms with Gasteiger partial charge in [-0.2, -0.15) is 0 Å². The zero-order chi connectivity index (χ0) is 13.1. The van der Waals surface area contributed by atoms with E-state index >= 15 is 0 Å². The number of carbonyl (C=O) groups excluding carboxylic acids is 1. The second-order valence-corrected chi connectivity index (χ2v) is 5.59. The number of nitrogens with two attached hydrogens (primary N) is 1. The minimum absolute atomic E-state index is 0.0495. The molecular weight excluding hydrogens is 246 g/mol. The third-order valence-electron chi connectivity index (χ3n) is 2.92. The number of carbonyl (C=O) groups is 1. The lowest BCUT2D eigenvalue weighted by Crippen LogP contribution is -2.32. The van der Waals surface area contributed by atoms with Crippen LogP contribution in [0, 0.1) is 11.8 Å². The van der Waals surface area contributed by atoms with E-state index in [1.807, 2.05) is 38.1 Å². The first-order valence-electron chi connectivity index (χ1n) is 5.98. The van der Waals surface area contributed by atoms with Gasteiger partial charge in [-0.15, -0.1) is 0 Å². The number of nitrogens with one attached hydrogen (secondary N) is 1. The topological polar surface area (TPSA) is 68.0 Å². The lowest BCUT2D eigenvalue weighted by Gasteiger charge is -2.16. The molecule has 3 N–H and O–H groups in total. The van der Waals surface area contributed by atoms with Crippen LogP contribution in [0.15, 0.2) is 24.3 Å². The Morgan fingerprint density at radius 1 is 1.44 bits per heavy atom. The first-order chi connectivity index (χ1) is 8.61. The number of para-hydroxylation sites is 1. The SMILES string of the molecule is CC(C)C(CN)C(=O)Nc1nc2ccccc2s1. The van der Waals surface area contributed by atoms with Gasteiger partial charge in [-0.25, -0.2) is 4.98 Å². The van der Waals surface area contributed by atoms with Gasteiger partial charge >= 0.3 is 0 Å². The van der Waals surface area contributed by atoms with Crippen LogP contribution in [-0.2, 0) is 4.79 Å². The molecule has 1 unspecified atom stereocenters. The van der Waals surface area contributed by atoms with Crippen LogP contribution in [0.5, 0.6) is 0 Å². The van der Waals surface area contributed by atoms with Crippen molar-refractivity contribution in [2.75, 3.05) is 11.9 Å². The molecule has 96 valence electrons. The highest BCUT2D eigenvalue weighted by Crippen LogP contribution is 2.26. The zero-order valence-electron chi connectivity index (χ0n) is 10.5. The van der Waals surface area contributed by atoms with E-state index in [0.717, 1.165) is 10.2 Å². The number of fused-ring (bicyclic) bond motifs is 1. The summed E-state index contributed by atoms with van der Waals surface area (Å²) in [5.41, 5.74) is 6.53. The van der Waals surface area contributed by atoms with Gasteiger partial charge in [0.15, 0.2) is 5.13 Å². The van der Waals surface area contributed by atoms with E-state index in [1.165, 1.54) is 11.3 Å². The number of hydrogen-bond donors (Lipinski definition) is 2. The Morgan fingerprint density at radius 2 is 2.17 bits per heavy atom. The minimum atomic E-state index is -0.169. The molecule has 2 aromatic rings. The lowest BCUT2D eigenvalue weighted by molar-refractivity contribution is -0.120. The Hall–Kier alpha value is -1.46. The molecule has 0 aliphatic rings. The molecule has 0 aliphatic heterocycles. The van der Waals surface area contributed by atoms with Crippen molar-refractivity contribution < 1.29 is 4.79 Å². The van der Waals surface area contributed by atoms with Crippen LogP contribution in [0.4, 0.5) is 5.13 Å². The Bertz CT molecular complexity index is 517. The molecule has 0 bridgehead atoms. The fourth-order valence-electron chi connectivity index (χ4n) is 1.81. The summed E-state index contributed by atoms with van der Waals surface area (Å²) in [6, 6.07) is 7.82. The monoisotopic (exact) mass is 263 g/mol. The van der Waals surface area contributed by atoms with Gasteiger partial charge in [-0.05, 0) is 18.1 Å². The highest BCUT2D eigenvalue weighted by Gasteiger charge is 2.21. The zero-order valence-corrected chi connectivity index (χ0v) is 11.3. The Kier molecular flexibility index (Phi) is 3.93. The second-order valence-electron chi connectivity index (χ2n) is 4.56. The van der Waals surface area contributed by atoms with Crippen molar-refractivity contribution >= 4 is 32.6 Å². The molecule has 0 aliphatic carbocycles. The average molecular weight is 263 g/mol. The smallest absolute Gasteiger partial charge is 0.230 e. The molecule has 1 aromatic carbocycles. The number of thiazole rings is 1. The van der Waals surface area contributed by atoms with Crippen molar-refractivity contribution in [3.05, 3.63) is 24.3 Å². The maximum Gasteiger partial charge on any atom is 0.230 e.